The topological polar surface area (TPSA) is 53.0 Å². The van der Waals surface area contributed by atoms with Crippen LogP contribution in [0.25, 0.3) is 0 Å². The molecule has 2 aromatic rings. The van der Waals surface area contributed by atoms with Gasteiger partial charge in [0.1, 0.15) is 11.6 Å². The van der Waals surface area contributed by atoms with E-state index in [4.69, 9.17) is 4.74 Å². The van der Waals surface area contributed by atoms with Crippen LogP contribution in [0.5, 0.6) is 5.75 Å². The molecule has 1 aliphatic heterocycles. The number of aliphatic imine (C=N–C) groups is 1. The van der Waals surface area contributed by atoms with Crippen LogP contribution >= 0.6 is 0 Å². The summed E-state index contributed by atoms with van der Waals surface area (Å²) in [5.74, 6) is 2.84. The number of nitrogens with one attached hydrogen (secondary N) is 1. The number of pyridine rings is 1. The standard InChI is InChI=1S/C22H31N5O/c1-4-28-20-10-7-18(8-11-20)17-26(3)22(23-2)25-16-19-9-12-21(24-15-19)27-13-5-6-14-27/h7-12,15H,4-6,13-14,16-17H2,1-3H3,(H,23,25). The predicted octanol–water partition coefficient (Wildman–Crippen LogP) is 3.29. The minimum atomic E-state index is 0.684. The van der Waals surface area contributed by atoms with E-state index in [0.717, 1.165) is 42.7 Å². The fourth-order valence-corrected chi connectivity index (χ4v) is 3.43. The van der Waals surface area contributed by atoms with Gasteiger partial charge in [0.15, 0.2) is 5.96 Å². The quantitative estimate of drug-likeness (QED) is 0.589. The predicted molar refractivity (Wildman–Crippen MR) is 115 cm³/mol. The number of guanidine groups is 1. The van der Waals surface area contributed by atoms with Gasteiger partial charge in [0.25, 0.3) is 0 Å². The van der Waals surface area contributed by atoms with Crippen molar-refractivity contribution in [1.82, 2.24) is 15.2 Å². The highest BCUT2D eigenvalue weighted by atomic mass is 16.5. The van der Waals surface area contributed by atoms with Crippen LogP contribution in [0.3, 0.4) is 0 Å². The summed E-state index contributed by atoms with van der Waals surface area (Å²) in [6.07, 6.45) is 4.49. The van der Waals surface area contributed by atoms with E-state index in [0.29, 0.717) is 13.2 Å². The first-order valence-electron chi connectivity index (χ1n) is 10.0. The largest absolute Gasteiger partial charge is 0.494 e. The molecule has 1 fully saturated rings. The monoisotopic (exact) mass is 381 g/mol. The second-order valence-corrected chi connectivity index (χ2v) is 7.05. The van der Waals surface area contributed by atoms with E-state index >= 15 is 0 Å². The minimum Gasteiger partial charge on any atom is -0.494 e. The van der Waals surface area contributed by atoms with E-state index in [-0.39, 0.29) is 0 Å². The lowest BCUT2D eigenvalue weighted by Crippen LogP contribution is -2.38. The molecule has 0 bridgehead atoms. The number of anilines is 1. The smallest absolute Gasteiger partial charge is 0.193 e. The van der Waals surface area contributed by atoms with Gasteiger partial charge in [-0.15, -0.1) is 0 Å². The third-order valence-electron chi connectivity index (χ3n) is 4.92. The molecular formula is C22H31N5O. The van der Waals surface area contributed by atoms with E-state index in [1.807, 2.05) is 39.3 Å². The fraction of sp³-hybridized carbons (Fsp3) is 0.455. The van der Waals surface area contributed by atoms with E-state index in [1.165, 1.54) is 18.4 Å². The summed E-state index contributed by atoms with van der Waals surface area (Å²) in [5.41, 5.74) is 2.36. The summed E-state index contributed by atoms with van der Waals surface area (Å²) in [6.45, 7) is 6.39. The highest BCUT2D eigenvalue weighted by Gasteiger charge is 2.13. The van der Waals surface area contributed by atoms with Gasteiger partial charge in [0.05, 0.1) is 6.61 Å². The first kappa shape index (κ1) is 20.0. The van der Waals surface area contributed by atoms with Crippen LogP contribution in [0.2, 0.25) is 0 Å². The molecule has 6 heteroatoms. The van der Waals surface area contributed by atoms with Gasteiger partial charge < -0.3 is 19.9 Å². The number of rotatable bonds is 7. The zero-order valence-corrected chi connectivity index (χ0v) is 17.2. The normalized spacial score (nSPS) is 14.2. The molecule has 2 heterocycles. The molecule has 150 valence electrons. The Morgan fingerprint density at radius 3 is 2.46 bits per heavy atom. The summed E-state index contributed by atoms with van der Waals surface area (Å²) in [4.78, 5) is 13.5. The third-order valence-corrected chi connectivity index (χ3v) is 4.92. The average molecular weight is 382 g/mol. The van der Waals surface area contributed by atoms with Crippen LogP contribution in [0.15, 0.2) is 47.6 Å². The van der Waals surface area contributed by atoms with E-state index in [1.54, 1.807) is 0 Å². The lowest BCUT2D eigenvalue weighted by atomic mass is 10.2. The van der Waals surface area contributed by atoms with Crippen molar-refractivity contribution in [2.75, 3.05) is 38.7 Å². The van der Waals surface area contributed by atoms with Crippen molar-refractivity contribution < 1.29 is 4.74 Å². The summed E-state index contributed by atoms with van der Waals surface area (Å²) >= 11 is 0. The minimum absolute atomic E-state index is 0.684. The van der Waals surface area contributed by atoms with Crippen molar-refractivity contribution in [3.63, 3.8) is 0 Å². The van der Waals surface area contributed by atoms with E-state index in [9.17, 15) is 0 Å². The molecule has 3 rings (SSSR count). The molecule has 0 unspecified atom stereocenters. The summed E-state index contributed by atoms with van der Waals surface area (Å²) in [6, 6.07) is 12.5. The van der Waals surface area contributed by atoms with Gasteiger partial charge in [-0.25, -0.2) is 4.98 Å². The van der Waals surface area contributed by atoms with Crippen LogP contribution in [0.4, 0.5) is 5.82 Å². The maximum atomic E-state index is 5.50. The Labute approximate surface area is 168 Å². The van der Waals surface area contributed by atoms with Crippen molar-refractivity contribution in [3.05, 3.63) is 53.7 Å². The van der Waals surface area contributed by atoms with Crippen molar-refractivity contribution in [2.24, 2.45) is 4.99 Å². The van der Waals surface area contributed by atoms with Crippen LogP contribution < -0.4 is 15.0 Å². The molecule has 0 saturated carbocycles. The van der Waals surface area contributed by atoms with Gasteiger partial charge >= 0.3 is 0 Å². The average Bonchev–Trinajstić information content (AvgIpc) is 3.25. The van der Waals surface area contributed by atoms with Crippen LogP contribution in [-0.2, 0) is 13.1 Å². The molecular weight excluding hydrogens is 350 g/mol. The van der Waals surface area contributed by atoms with Gasteiger partial charge in [-0.2, -0.15) is 0 Å². The van der Waals surface area contributed by atoms with Gasteiger partial charge in [0.2, 0.25) is 0 Å². The molecule has 0 aliphatic carbocycles. The molecule has 1 aromatic carbocycles. The van der Waals surface area contributed by atoms with Crippen LogP contribution in [-0.4, -0.2) is 49.6 Å². The lowest BCUT2D eigenvalue weighted by Gasteiger charge is -2.22. The molecule has 1 N–H and O–H groups in total. The molecule has 0 radical (unpaired) electrons. The molecule has 28 heavy (non-hydrogen) atoms. The highest BCUT2D eigenvalue weighted by molar-refractivity contribution is 5.79. The van der Waals surface area contributed by atoms with Gasteiger partial charge in [0, 0.05) is 46.5 Å². The summed E-state index contributed by atoms with van der Waals surface area (Å²) in [7, 11) is 3.85. The summed E-state index contributed by atoms with van der Waals surface area (Å²) < 4.78 is 5.50. The number of hydrogen-bond donors (Lipinski definition) is 1. The molecule has 6 nitrogen and oxygen atoms in total. The molecule has 0 spiro atoms. The van der Waals surface area contributed by atoms with E-state index in [2.05, 4.69) is 49.4 Å². The molecule has 1 saturated heterocycles. The van der Waals surface area contributed by atoms with Crippen molar-refractivity contribution in [1.29, 1.82) is 0 Å². The first-order valence-corrected chi connectivity index (χ1v) is 10.0. The SMILES string of the molecule is CCOc1ccc(CN(C)C(=NC)NCc2ccc(N3CCCC3)nc2)cc1. The third kappa shape index (κ3) is 5.38. The second-order valence-electron chi connectivity index (χ2n) is 7.05. The van der Waals surface area contributed by atoms with Crippen molar-refractivity contribution >= 4 is 11.8 Å². The Kier molecular flexibility index (Phi) is 7.12. The maximum absolute atomic E-state index is 5.50. The van der Waals surface area contributed by atoms with Gasteiger partial charge in [-0.05, 0) is 49.1 Å². The maximum Gasteiger partial charge on any atom is 0.193 e. The lowest BCUT2D eigenvalue weighted by molar-refractivity contribution is 0.340. The molecule has 0 amide bonds. The highest BCUT2D eigenvalue weighted by Crippen LogP contribution is 2.17. The Hall–Kier alpha value is -2.76. The number of hydrogen-bond acceptors (Lipinski definition) is 4. The number of ether oxygens (including phenoxy) is 1. The van der Waals surface area contributed by atoms with Gasteiger partial charge in [-0.1, -0.05) is 18.2 Å². The Morgan fingerprint density at radius 2 is 1.86 bits per heavy atom. The number of aromatic nitrogens is 1. The van der Waals surface area contributed by atoms with Gasteiger partial charge in [-0.3, -0.25) is 4.99 Å². The second kappa shape index (κ2) is 9.97. The first-order chi connectivity index (χ1) is 13.7. The number of benzene rings is 1. The fourth-order valence-electron chi connectivity index (χ4n) is 3.43. The molecule has 0 atom stereocenters. The zero-order valence-electron chi connectivity index (χ0n) is 17.2. The van der Waals surface area contributed by atoms with Crippen LogP contribution in [0.1, 0.15) is 30.9 Å². The Balaban J connectivity index is 1.51. The van der Waals surface area contributed by atoms with E-state index < -0.39 is 0 Å². The Bertz CT molecular complexity index is 752. The molecule has 1 aliphatic rings. The van der Waals surface area contributed by atoms with Crippen LogP contribution in [0, 0.1) is 0 Å². The zero-order chi connectivity index (χ0) is 19.8. The molecule has 1 aromatic heterocycles. The van der Waals surface area contributed by atoms with Crippen molar-refractivity contribution in [2.45, 2.75) is 32.9 Å². The Morgan fingerprint density at radius 1 is 1.14 bits per heavy atom. The van der Waals surface area contributed by atoms with Crippen molar-refractivity contribution in [3.8, 4) is 5.75 Å². The summed E-state index contributed by atoms with van der Waals surface area (Å²) in [5, 5.41) is 3.42. The number of nitrogens with zero attached hydrogens (tertiary/aromatic N) is 4.